The molecule has 2 atom stereocenters. The summed E-state index contributed by atoms with van der Waals surface area (Å²) in [5.41, 5.74) is 0.524. The second-order valence-corrected chi connectivity index (χ2v) is 5.43. The molecule has 0 aliphatic carbocycles. The third-order valence-electron chi connectivity index (χ3n) is 3.40. The molecule has 0 spiro atoms. The van der Waals surface area contributed by atoms with Crippen LogP contribution < -0.4 is 5.32 Å². The molecule has 2 heterocycles. The molecular formula is C13H22N4O. The molecule has 1 aromatic rings. The Morgan fingerprint density at radius 3 is 2.83 bits per heavy atom. The average molecular weight is 250 g/mol. The lowest BCUT2D eigenvalue weighted by Gasteiger charge is -2.34. The lowest BCUT2D eigenvalue weighted by molar-refractivity contribution is 0.0931. The van der Waals surface area contributed by atoms with Crippen molar-refractivity contribution in [1.82, 2.24) is 20.4 Å². The van der Waals surface area contributed by atoms with Gasteiger partial charge in [0.2, 0.25) is 0 Å². The van der Waals surface area contributed by atoms with E-state index in [0.29, 0.717) is 12.2 Å². The number of hydrogen-bond acceptors (Lipinski definition) is 3. The number of hydrogen-bond donors (Lipinski definition) is 2. The second kappa shape index (κ2) is 6.00. The maximum atomic E-state index is 11.7. The van der Waals surface area contributed by atoms with Crippen LogP contribution in [0.3, 0.4) is 0 Å². The van der Waals surface area contributed by atoms with Crippen molar-refractivity contribution in [3.8, 4) is 0 Å². The number of aromatic amines is 1. The molecule has 0 aromatic carbocycles. The van der Waals surface area contributed by atoms with Crippen molar-refractivity contribution in [2.45, 2.75) is 20.3 Å². The van der Waals surface area contributed by atoms with Gasteiger partial charge < -0.3 is 10.2 Å². The van der Waals surface area contributed by atoms with Gasteiger partial charge >= 0.3 is 0 Å². The quantitative estimate of drug-likeness (QED) is 0.841. The zero-order chi connectivity index (χ0) is 13.0. The number of H-pyrrole nitrogens is 1. The highest BCUT2D eigenvalue weighted by molar-refractivity contribution is 5.92. The molecule has 1 aliphatic heterocycles. The number of nitrogens with one attached hydrogen (secondary N) is 2. The first-order chi connectivity index (χ1) is 8.65. The molecule has 1 saturated heterocycles. The van der Waals surface area contributed by atoms with Gasteiger partial charge in [0.25, 0.3) is 5.91 Å². The molecule has 2 rings (SSSR count). The summed E-state index contributed by atoms with van der Waals surface area (Å²) < 4.78 is 0. The van der Waals surface area contributed by atoms with Gasteiger partial charge in [0, 0.05) is 32.4 Å². The fourth-order valence-corrected chi connectivity index (χ4v) is 2.78. The molecule has 5 heteroatoms. The smallest absolute Gasteiger partial charge is 0.269 e. The van der Waals surface area contributed by atoms with Crippen LogP contribution in [0.1, 0.15) is 30.8 Å². The lowest BCUT2D eigenvalue weighted by Crippen LogP contribution is -2.42. The summed E-state index contributed by atoms with van der Waals surface area (Å²) >= 11 is 0. The highest BCUT2D eigenvalue weighted by atomic mass is 16.1. The third kappa shape index (κ3) is 3.57. The van der Waals surface area contributed by atoms with Crippen molar-refractivity contribution in [3.63, 3.8) is 0 Å². The number of amides is 1. The van der Waals surface area contributed by atoms with Crippen molar-refractivity contribution >= 4 is 5.91 Å². The zero-order valence-electron chi connectivity index (χ0n) is 11.1. The Bertz CT molecular complexity index is 366. The maximum absolute atomic E-state index is 11.7. The van der Waals surface area contributed by atoms with E-state index in [1.807, 2.05) is 0 Å². The van der Waals surface area contributed by atoms with Gasteiger partial charge in [-0.2, -0.15) is 5.10 Å². The van der Waals surface area contributed by atoms with Crippen molar-refractivity contribution in [3.05, 3.63) is 18.0 Å². The van der Waals surface area contributed by atoms with Gasteiger partial charge in [0.05, 0.1) is 0 Å². The molecule has 2 N–H and O–H groups in total. The minimum Gasteiger partial charge on any atom is -0.349 e. The Labute approximate surface area is 108 Å². The minimum atomic E-state index is -0.0781. The van der Waals surface area contributed by atoms with Crippen molar-refractivity contribution in [2.24, 2.45) is 11.8 Å². The third-order valence-corrected chi connectivity index (χ3v) is 3.40. The van der Waals surface area contributed by atoms with Gasteiger partial charge in [-0.1, -0.05) is 13.8 Å². The highest BCUT2D eigenvalue weighted by Gasteiger charge is 2.21. The van der Waals surface area contributed by atoms with E-state index in [1.54, 1.807) is 12.3 Å². The van der Waals surface area contributed by atoms with E-state index in [4.69, 9.17) is 0 Å². The van der Waals surface area contributed by atoms with Gasteiger partial charge in [-0.05, 0) is 24.3 Å². The number of aromatic nitrogens is 2. The molecular weight excluding hydrogens is 228 g/mol. The number of carbonyl (C=O) groups is 1. The SMILES string of the molecule is C[C@@H]1C[C@H](C)CN(CCNC(=O)c2ccn[nH]2)C1. The Morgan fingerprint density at radius 2 is 2.22 bits per heavy atom. The Kier molecular flexibility index (Phi) is 4.36. The summed E-state index contributed by atoms with van der Waals surface area (Å²) in [5, 5.41) is 9.34. The number of carbonyl (C=O) groups excluding carboxylic acids is 1. The standard InChI is InChI=1S/C13H22N4O/c1-10-7-11(2)9-17(8-10)6-5-14-13(18)12-3-4-15-16-12/h3-4,10-11H,5-9H2,1-2H3,(H,14,18)(H,15,16)/t10-,11+. The molecule has 18 heavy (non-hydrogen) atoms. The summed E-state index contributed by atoms with van der Waals surface area (Å²) in [6.45, 7) is 8.50. The van der Waals surface area contributed by atoms with Crippen LogP contribution in [0.4, 0.5) is 0 Å². The van der Waals surface area contributed by atoms with E-state index in [2.05, 4.69) is 34.3 Å². The van der Waals surface area contributed by atoms with Crippen LogP contribution in [0.2, 0.25) is 0 Å². The van der Waals surface area contributed by atoms with Crippen LogP contribution in [-0.2, 0) is 0 Å². The maximum Gasteiger partial charge on any atom is 0.269 e. The van der Waals surface area contributed by atoms with E-state index >= 15 is 0 Å². The van der Waals surface area contributed by atoms with E-state index in [0.717, 1.165) is 31.5 Å². The van der Waals surface area contributed by atoms with Crippen LogP contribution in [0.5, 0.6) is 0 Å². The summed E-state index contributed by atoms with van der Waals surface area (Å²) in [6.07, 6.45) is 2.90. The molecule has 1 aliphatic rings. The summed E-state index contributed by atoms with van der Waals surface area (Å²) in [7, 11) is 0. The first-order valence-corrected chi connectivity index (χ1v) is 6.65. The largest absolute Gasteiger partial charge is 0.349 e. The minimum absolute atomic E-state index is 0.0781. The van der Waals surface area contributed by atoms with Gasteiger partial charge in [-0.15, -0.1) is 0 Å². The Hall–Kier alpha value is -1.36. The van der Waals surface area contributed by atoms with Crippen LogP contribution in [0.25, 0.3) is 0 Å². The molecule has 100 valence electrons. The summed E-state index contributed by atoms with van der Waals surface area (Å²) in [5.74, 6) is 1.44. The number of likely N-dealkylation sites (tertiary alicyclic amines) is 1. The lowest BCUT2D eigenvalue weighted by atomic mass is 9.92. The van der Waals surface area contributed by atoms with Crippen LogP contribution >= 0.6 is 0 Å². The first kappa shape index (κ1) is 13.1. The van der Waals surface area contributed by atoms with Crippen LogP contribution in [0.15, 0.2) is 12.3 Å². The molecule has 1 amide bonds. The van der Waals surface area contributed by atoms with Crippen molar-refractivity contribution < 1.29 is 4.79 Å². The summed E-state index contributed by atoms with van der Waals surface area (Å²) in [4.78, 5) is 14.1. The van der Waals surface area contributed by atoms with Crippen molar-refractivity contribution in [2.75, 3.05) is 26.2 Å². The van der Waals surface area contributed by atoms with E-state index in [9.17, 15) is 4.79 Å². The van der Waals surface area contributed by atoms with Crippen molar-refractivity contribution in [1.29, 1.82) is 0 Å². The number of piperidine rings is 1. The fourth-order valence-electron chi connectivity index (χ4n) is 2.78. The summed E-state index contributed by atoms with van der Waals surface area (Å²) in [6, 6.07) is 1.68. The normalized spacial score (nSPS) is 25.0. The molecule has 0 radical (unpaired) electrons. The predicted octanol–water partition coefficient (Wildman–Crippen LogP) is 1.12. The highest BCUT2D eigenvalue weighted by Crippen LogP contribution is 2.20. The average Bonchev–Trinajstić information content (AvgIpc) is 2.80. The van der Waals surface area contributed by atoms with Gasteiger partial charge in [-0.3, -0.25) is 9.89 Å². The van der Waals surface area contributed by atoms with E-state index in [1.165, 1.54) is 6.42 Å². The van der Waals surface area contributed by atoms with Gasteiger partial charge in [0.1, 0.15) is 5.69 Å². The second-order valence-electron chi connectivity index (χ2n) is 5.43. The predicted molar refractivity (Wildman–Crippen MR) is 70.3 cm³/mol. The zero-order valence-corrected chi connectivity index (χ0v) is 11.1. The Morgan fingerprint density at radius 1 is 1.50 bits per heavy atom. The Balaban J connectivity index is 1.70. The van der Waals surface area contributed by atoms with E-state index in [-0.39, 0.29) is 5.91 Å². The monoisotopic (exact) mass is 250 g/mol. The van der Waals surface area contributed by atoms with Crippen LogP contribution in [-0.4, -0.2) is 47.2 Å². The topological polar surface area (TPSA) is 61.0 Å². The molecule has 1 fully saturated rings. The van der Waals surface area contributed by atoms with E-state index < -0.39 is 0 Å². The van der Waals surface area contributed by atoms with Gasteiger partial charge in [0.15, 0.2) is 0 Å². The molecule has 0 unspecified atom stereocenters. The number of nitrogens with zero attached hydrogens (tertiary/aromatic N) is 2. The molecule has 0 bridgehead atoms. The van der Waals surface area contributed by atoms with Gasteiger partial charge in [-0.25, -0.2) is 0 Å². The molecule has 5 nitrogen and oxygen atoms in total. The number of rotatable bonds is 4. The molecule has 0 saturated carbocycles. The fraction of sp³-hybridized carbons (Fsp3) is 0.692. The first-order valence-electron chi connectivity index (χ1n) is 6.65. The molecule has 1 aromatic heterocycles. The van der Waals surface area contributed by atoms with Crippen LogP contribution in [0, 0.1) is 11.8 Å².